The number of allylic oxidation sites excluding steroid dienone is 24. The van der Waals surface area contributed by atoms with Crippen LogP contribution in [0.25, 0.3) is 0 Å². The van der Waals surface area contributed by atoms with E-state index >= 15 is 0 Å². The molecule has 0 saturated carbocycles. The zero-order valence-corrected chi connectivity index (χ0v) is 45.4. The van der Waals surface area contributed by atoms with Gasteiger partial charge in [0, 0.05) is 19.3 Å². The lowest BCUT2D eigenvalue weighted by molar-refractivity contribution is -0.167. The van der Waals surface area contributed by atoms with Gasteiger partial charge in [-0.2, -0.15) is 0 Å². The molecular weight excluding hydrogens is 877 g/mol. The Balaban J connectivity index is 4.25. The number of esters is 3. The molecule has 0 aromatic rings. The Bertz CT molecular complexity index is 1590. The standard InChI is InChI=1S/C65H102O6/c1-4-7-10-13-15-17-19-21-23-25-27-29-31-32-34-35-37-39-41-43-45-47-49-52-55-58-64(67)70-61-62(60-69-63(66)57-54-51-12-9-6-3)71-65(68)59-56-53-50-48-46-44-42-40-38-36-33-30-28-26-24-22-20-18-16-14-11-8-5-2/h7-8,10-11,15-18,21-24,27-30,32,34,36,38,42,44,48,50,62H,4-6,9,12-14,19-20,25-26,31,33,35,37,39-41,43,45-47,49,51-61H2,1-3H3/b10-7-,11-8-,17-15-,18-16-,23-21-,24-22-,29-27-,30-28-,34-32-,38-36-,44-42-,50-48-. The zero-order valence-electron chi connectivity index (χ0n) is 45.4. The first-order valence-corrected chi connectivity index (χ1v) is 28.3. The molecule has 6 heteroatoms. The van der Waals surface area contributed by atoms with Crippen molar-refractivity contribution in [3.63, 3.8) is 0 Å². The molecule has 71 heavy (non-hydrogen) atoms. The van der Waals surface area contributed by atoms with Crippen molar-refractivity contribution < 1.29 is 28.6 Å². The Kier molecular flexibility index (Phi) is 54.0. The molecule has 0 aromatic carbocycles. The highest BCUT2D eigenvalue weighted by atomic mass is 16.6. The molecule has 0 aliphatic heterocycles. The number of carbonyl (C=O) groups is 3. The predicted octanol–water partition coefficient (Wildman–Crippen LogP) is 19.2. The van der Waals surface area contributed by atoms with Crippen LogP contribution in [0.3, 0.4) is 0 Å². The summed E-state index contributed by atoms with van der Waals surface area (Å²) < 4.78 is 16.7. The van der Waals surface area contributed by atoms with Crippen molar-refractivity contribution in [3.05, 3.63) is 146 Å². The first-order valence-electron chi connectivity index (χ1n) is 28.3. The van der Waals surface area contributed by atoms with E-state index in [1.54, 1.807) is 0 Å². The third-order valence-corrected chi connectivity index (χ3v) is 11.3. The van der Waals surface area contributed by atoms with Crippen LogP contribution in [0.15, 0.2) is 146 Å². The molecule has 0 aliphatic carbocycles. The van der Waals surface area contributed by atoms with E-state index < -0.39 is 6.10 Å². The maximum atomic E-state index is 12.8. The monoisotopic (exact) mass is 979 g/mol. The highest BCUT2D eigenvalue weighted by Crippen LogP contribution is 2.13. The molecular formula is C65H102O6. The molecule has 0 N–H and O–H groups in total. The molecule has 0 aromatic heterocycles. The van der Waals surface area contributed by atoms with Crippen molar-refractivity contribution in [2.45, 2.75) is 232 Å². The van der Waals surface area contributed by atoms with Gasteiger partial charge in [0.15, 0.2) is 6.10 Å². The van der Waals surface area contributed by atoms with Crippen LogP contribution in [0.5, 0.6) is 0 Å². The highest BCUT2D eigenvalue weighted by Gasteiger charge is 2.19. The Morgan fingerprint density at radius 3 is 0.901 bits per heavy atom. The van der Waals surface area contributed by atoms with Crippen LogP contribution in [-0.2, 0) is 28.6 Å². The van der Waals surface area contributed by atoms with Gasteiger partial charge in [-0.3, -0.25) is 14.4 Å². The van der Waals surface area contributed by atoms with Gasteiger partial charge in [-0.25, -0.2) is 0 Å². The third-order valence-electron chi connectivity index (χ3n) is 11.3. The Morgan fingerprint density at radius 2 is 0.563 bits per heavy atom. The van der Waals surface area contributed by atoms with Gasteiger partial charge in [0.1, 0.15) is 13.2 Å². The topological polar surface area (TPSA) is 78.9 Å². The second-order valence-corrected chi connectivity index (χ2v) is 18.1. The number of rotatable bonds is 49. The van der Waals surface area contributed by atoms with E-state index in [0.29, 0.717) is 19.3 Å². The van der Waals surface area contributed by atoms with Crippen LogP contribution in [-0.4, -0.2) is 37.2 Å². The molecule has 6 nitrogen and oxygen atoms in total. The van der Waals surface area contributed by atoms with E-state index in [4.69, 9.17) is 14.2 Å². The van der Waals surface area contributed by atoms with Gasteiger partial charge >= 0.3 is 17.9 Å². The summed E-state index contributed by atoms with van der Waals surface area (Å²) in [4.78, 5) is 37.8. The zero-order chi connectivity index (χ0) is 51.4. The van der Waals surface area contributed by atoms with Crippen molar-refractivity contribution in [1.82, 2.24) is 0 Å². The summed E-state index contributed by atoms with van der Waals surface area (Å²) >= 11 is 0. The van der Waals surface area contributed by atoms with Crippen molar-refractivity contribution in [2.75, 3.05) is 13.2 Å². The second kappa shape index (κ2) is 57.9. The van der Waals surface area contributed by atoms with Gasteiger partial charge in [-0.15, -0.1) is 0 Å². The number of hydrogen-bond donors (Lipinski definition) is 0. The second-order valence-electron chi connectivity index (χ2n) is 18.1. The van der Waals surface area contributed by atoms with E-state index in [9.17, 15) is 14.4 Å². The molecule has 0 saturated heterocycles. The number of carbonyl (C=O) groups excluding carboxylic acids is 3. The summed E-state index contributed by atoms with van der Waals surface area (Å²) in [5, 5.41) is 0. The fourth-order valence-corrected chi connectivity index (χ4v) is 7.16. The van der Waals surface area contributed by atoms with Crippen molar-refractivity contribution >= 4 is 17.9 Å². The maximum absolute atomic E-state index is 12.8. The Morgan fingerprint density at radius 1 is 0.296 bits per heavy atom. The Labute approximate surface area is 436 Å². The van der Waals surface area contributed by atoms with Crippen molar-refractivity contribution in [2.24, 2.45) is 0 Å². The van der Waals surface area contributed by atoms with Gasteiger partial charge in [-0.1, -0.05) is 237 Å². The smallest absolute Gasteiger partial charge is 0.306 e. The van der Waals surface area contributed by atoms with Gasteiger partial charge in [0.05, 0.1) is 0 Å². The largest absolute Gasteiger partial charge is 0.462 e. The van der Waals surface area contributed by atoms with Gasteiger partial charge < -0.3 is 14.2 Å². The Hall–Kier alpha value is -4.71. The normalized spacial score (nSPS) is 13.2. The van der Waals surface area contributed by atoms with E-state index in [0.717, 1.165) is 141 Å². The van der Waals surface area contributed by atoms with Crippen LogP contribution in [0.2, 0.25) is 0 Å². The van der Waals surface area contributed by atoms with Crippen LogP contribution in [0.4, 0.5) is 0 Å². The van der Waals surface area contributed by atoms with Gasteiger partial charge in [-0.05, 0) is 116 Å². The molecule has 0 radical (unpaired) electrons. The van der Waals surface area contributed by atoms with Crippen molar-refractivity contribution in [3.8, 4) is 0 Å². The van der Waals surface area contributed by atoms with Gasteiger partial charge in [0.25, 0.3) is 0 Å². The summed E-state index contributed by atoms with van der Waals surface area (Å²) in [7, 11) is 0. The molecule has 398 valence electrons. The van der Waals surface area contributed by atoms with E-state index in [2.05, 4.69) is 167 Å². The minimum atomic E-state index is -0.814. The minimum absolute atomic E-state index is 0.109. The molecule has 0 aliphatic rings. The molecule has 0 spiro atoms. The minimum Gasteiger partial charge on any atom is -0.462 e. The highest BCUT2D eigenvalue weighted by molar-refractivity contribution is 5.71. The summed E-state index contributed by atoms with van der Waals surface area (Å²) in [6.07, 6.45) is 83.1. The van der Waals surface area contributed by atoms with Crippen LogP contribution < -0.4 is 0 Å². The third kappa shape index (κ3) is 56.1. The lowest BCUT2D eigenvalue weighted by atomic mass is 10.1. The average molecular weight is 980 g/mol. The molecule has 0 bridgehead atoms. The molecule has 0 heterocycles. The fraction of sp³-hybridized carbons (Fsp3) is 0.585. The number of ether oxygens (including phenoxy) is 3. The maximum Gasteiger partial charge on any atom is 0.306 e. The van der Waals surface area contributed by atoms with E-state index in [-0.39, 0.29) is 37.5 Å². The molecule has 0 fully saturated rings. The van der Waals surface area contributed by atoms with Crippen molar-refractivity contribution in [1.29, 1.82) is 0 Å². The summed E-state index contributed by atoms with van der Waals surface area (Å²) in [5.74, 6) is -0.998. The SMILES string of the molecule is CC/C=C\C/C=C\C/C=C\C/C=C\C/C=C\C/C=C\C/C=C\CCCC(=O)OC(COC(=O)CCCCCCC)COC(=O)CCCCCCCCCCC/C=C\C/C=C\C/C=C\C/C=C\C/C=C\CC. The molecule has 0 amide bonds. The van der Waals surface area contributed by atoms with Crippen LogP contribution >= 0.6 is 0 Å². The number of hydrogen-bond acceptors (Lipinski definition) is 6. The first-order chi connectivity index (χ1) is 35.0. The lowest BCUT2D eigenvalue weighted by Gasteiger charge is -2.18. The van der Waals surface area contributed by atoms with Crippen LogP contribution in [0, 0.1) is 0 Å². The summed E-state index contributed by atoms with van der Waals surface area (Å²) in [6.45, 7) is 6.26. The molecule has 1 atom stereocenters. The summed E-state index contributed by atoms with van der Waals surface area (Å²) in [6, 6.07) is 0. The fourth-order valence-electron chi connectivity index (χ4n) is 7.16. The van der Waals surface area contributed by atoms with Crippen LogP contribution in [0.1, 0.15) is 226 Å². The quantitative estimate of drug-likeness (QED) is 0.0262. The van der Waals surface area contributed by atoms with E-state index in [1.165, 1.54) is 38.5 Å². The number of unbranched alkanes of at least 4 members (excludes halogenated alkanes) is 14. The van der Waals surface area contributed by atoms with E-state index in [1.807, 2.05) is 0 Å². The lowest BCUT2D eigenvalue weighted by Crippen LogP contribution is -2.30. The average Bonchev–Trinajstić information content (AvgIpc) is 3.37. The molecule has 0 rings (SSSR count). The summed E-state index contributed by atoms with van der Waals surface area (Å²) in [5.41, 5.74) is 0. The first kappa shape index (κ1) is 66.3. The molecule has 1 unspecified atom stereocenters. The van der Waals surface area contributed by atoms with Gasteiger partial charge in [0.2, 0.25) is 0 Å². The predicted molar refractivity (Wildman–Crippen MR) is 306 cm³/mol.